The van der Waals surface area contributed by atoms with E-state index in [9.17, 15) is 22.0 Å². The summed E-state index contributed by atoms with van der Waals surface area (Å²) < 4.78 is 80.8. The van der Waals surface area contributed by atoms with Crippen LogP contribution in [0.25, 0.3) is 28.2 Å². The first-order valence-electron chi connectivity index (χ1n) is 10.0. The summed E-state index contributed by atoms with van der Waals surface area (Å²) in [7, 11) is 1.30. The zero-order chi connectivity index (χ0) is 26.0. The Balaban J connectivity index is 1.55. The van der Waals surface area contributed by atoms with Gasteiger partial charge in [-0.15, -0.1) is 13.2 Å². The van der Waals surface area contributed by atoms with Gasteiger partial charge in [0.2, 0.25) is 0 Å². The van der Waals surface area contributed by atoms with Crippen LogP contribution in [-0.4, -0.2) is 38.4 Å². The zero-order valence-electron chi connectivity index (χ0n) is 18.5. The largest absolute Gasteiger partial charge is 0.573 e. The van der Waals surface area contributed by atoms with E-state index in [1.54, 1.807) is 6.07 Å². The molecule has 4 rings (SSSR count). The lowest BCUT2D eigenvalue weighted by atomic mass is 10.1. The number of nitrogens with zero attached hydrogens (tertiary/aromatic N) is 5. The van der Waals surface area contributed by atoms with Crippen LogP contribution >= 0.6 is 0 Å². The molecule has 0 fully saturated rings. The average molecular weight is 505 g/mol. The van der Waals surface area contributed by atoms with Crippen LogP contribution in [0.1, 0.15) is 11.6 Å². The van der Waals surface area contributed by atoms with Gasteiger partial charge in [0.05, 0.1) is 25.1 Å². The minimum absolute atomic E-state index is 0.0952. The predicted molar refractivity (Wildman–Crippen MR) is 117 cm³/mol. The number of imidazole rings is 1. The quantitative estimate of drug-likeness (QED) is 0.223. The summed E-state index contributed by atoms with van der Waals surface area (Å²) in [5.41, 5.74) is 1.02. The Kier molecular flexibility index (Phi) is 6.55. The second-order valence-electron chi connectivity index (χ2n) is 7.22. The first-order valence-corrected chi connectivity index (χ1v) is 10.0. The summed E-state index contributed by atoms with van der Waals surface area (Å²) >= 11 is 0. The topological polar surface area (TPSA) is 88.1 Å². The Morgan fingerprint density at radius 2 is 1.89 bits per heavy atom. The number of fused-ring (bicyclic) bond motifs is 1. The fourth-order valence-corrected chi connectivity index (χ4v) is 3.17. The minimum atomic E-state index is -4.84. The molecule has 2 aromatic rings. The van der Waals surface area contributed by atoms with Gasteiger partial charge < -0.3 is 14.0 Å². The van der Waals surface area contributed by atoms with E-state index in [0.717, 1.165) is 12.1 Å². The van der Waals surface area contributed by atoms with Crippen molar-refractivity contribution in [2.24, 2.45) is 0 Å². The number of hydrogen-bond donors (Lipinski definition) is 0. The maximum atomic E-state index is 14.0. The number of alkyl halides is 3. The molecule has 0 atom stereocenters. The van der Waals surface area contributed by atoms with Gasteiger partial charge in [0, 0.05) is 17.7 Å². The lowest BCUT2D eigenvalue weighted by Crippen LogP contribution is -2.17. The van der Waals surface area contributed by atoms with Crippen molar-refractivity contribution in [3.8, 4) is 34.1 Å². The third-order valence-electron chi connectivity index (χ3n) is 4.80. The second-order valence-corrected chi connectivity index (χ2v) is 7.22. The van der Waals surface area contributed by atoms with Crippen molar-refractivity contribution in [2.45, 2.75) is 12.9 Å². The van der Waals surface area contributed by atoms with E-state index in [1.807, 2.05) is 0 Å². The standard InChI is InChI=1S/C23H16F5N5O3/c1-4-16(24)21(25)12(2)22-30-18-9-29-33(11-19(18)31-22)10-14-7-17(32-36-14)15-6-5-13(8-20(15)34-3)35-23(26,27)28/h4-9,11H,1-2,10H2,3H3/b21-16-. The van der Waals surface area contributed by atoms with E-state index in [2.05, 4.69) is 38.1 Å². The van der Waals surface area contributed by atoms with Gasteiger partial charge in [-0.2, -0.15) is 5.10 Å². The summed E-state index contributed by atoms with van der Waals surface area (Å²) in [4.78, 5) is 8.26. The van der Waals surface area contributed by atoms with Crippen LogP contribution in [-0.2, 0) is 6.54 Å². The smallest absolute Gasteiger partial charge is 0.496 e. The Hall–Kier alpha value is -4.55. The van der Waals surface area contributed by atoms with Crippen molar-refractivity contribution < 1.29 is 35.9 Å². The maximum Gasteiger partial charge on any atom is 0.573 e. The highest BCUT2D eigenvalue weighted by atomic mass is 19.4. The summed E-state index contributed by atoms with van der Waals surface area (Å²) in [6.45, 7) is 6.74. The molecule has 3 heterocycles. The predicted octanol–water partition coefficient (Wildman–Crippen LogP) is 5.74. The molecule has 0 N–H and O–H groups in total. The van der Waals surface area contributed by atoms with Gasteiger partial charge in [-0.25, -0.2) is 18.7 Å². The van der Waals surface area contributed by atoms with E-state index in [1.165, 1.54) is 30.3 Å². The third-order valence-corrected chi connectivity index (χ3v) is 4.80. The lowest BCUT2D eigenvalue weighted by molar-refractivity contribution is -0.274. The molecule has 13 heteroatoms. The molecule has 2 aliphatic heterocycles. The Morgan fingerprint density at radius 1 is 1.14 bits per heavy atom. The number of ether oxygens (including phenoxy) is 2. The van der Waals surface area contributed by atoms with Gasteiger partial charge in [-0.1, -0.05) is 18.3 Å². The molecule has 0 bridgehead atoms. The van der Waals surface area contributed by atoms with Crippen molar-refractivity contribution in [2.75, 3.05) is 7.11 Å². The van der Waals surface area contributed by atoms with Crippen LogP contribution in [0.4, 0.5) is 22.0 Å². The van der Waals surface area contributed by atoms with Crippen LogP contribution in [0, 0.1) is 0 Å². The second kappa shape index (κ2) is 9.60. The van der Waals surface area contributed by atoms with Crippen molar-refractivity contribution in [3.05, 3.63) is 79.1 Å². The molecule has 0 radical (unpaired) electrons. The Bertz CT molecular complexity index is 1440. The van der Waals surface area contributed by atoms with Crippen LogP contribution in [0.2, 0.25) is 0 Å². The van der Waals surface area contributed by atoms with E-state index in [0.29, 0.717) is 34.5 Å². The van der Waals surface area contributed by atoms with E-state index < -0.39 is 23.8 Å². The third kappa shape index (κ3) is 5.24. The molecule has 0 spiro atoms. The highest BCUT2D eigenvalue weighted by Crippen LogP contribution is 2.35. The molecule has 2 aliphatic rings. The molecule has 8 nitrogen and oxygen atoms in total. The zero-order valence-corrected chi connectivity index (χ0v) is 18.5. The van der Waals surface area contributed by atoms with Crippen LogP contribution in [0.3, 0.4) is 0 Å². The van der Waals surface area contributed by atoms with Crippen molar-refractivity contribution in [3.63, 3.8) is 0 Å². The minimum Gasteiger partial charge on any atom is -0.496 e. The monoisotopic (exact) mass is 505 g/mol. The molecule has 1 aromatic carbocycles. The van der Waals surface area contributed by atoms with E-state index >= 15 is 0 Å². The molecule has 0 saturated heterocycles. The van der Waals surface area contributed by atoms with E-state index in [-0.39, 0.29) is 23.7 Å². The maximum absolute atomic E-state index is 14.0. The number of allylic oxidation sites excluding steroid dienone is 4. The number of aromatic nitrogens is 5. The number of benzene rings is 1. The fraction of sp³-hybridized carbons (Fsp3) is 0.130. The summed E-state index contributed by atoms with van der Waals surface area (Å²) in [6.07, 6.45) is -1.24. The van der Waals surface area contributed by atoms with Gasteiger partial charge in [0.15, 0.2) is 23.2 Å². The molecular weight excluding hydrogens is 489 g/mol. The first kappa shape index (κ1) is 24.6. The summed E-state index contributed by atoms with van der Waals surface area (Å²) in [6, 6.07) is 5.13. The van der Waals surface area contributed by atoms with Crippen LogP contribution in [0.5, 0.6) is 11.5 Å². The van der Waals surface area contributed by atoms with Gasteiger partial charge in [0.25, 0.3) is 0 Å². The molecule has 186 valence electrons. The Labute approximate surface area is 200 Å². The average Bonchev–Trinajstić information content (AvgIpc) is 3.48. The summed E-state index contributed by atoms with van der Waals surface area (Å²) in [5, 5.41) is 8.13. The van der Waals surface area contributed by atoms with Gasteiger partial charge in [0.1, 0.15) is 35.1 Å². The summed E-state index contributed by atoms with van der Waals surface area (Å²) in [5.74, 6) is -2.50. The molecule has 0 aliphatic carbocycles. The molecule has 0 unspecified atom stereocenters. The van der Waals surface area contributed by atoms with Gasteiger partial charge in [-0.05, 0) is 18.2 Å². The molecular formula is C23H16F5N5O3. The van der Waals surface area contributed by atoms with Crippen molar-refractivity contribution >= 4 is 5.57 Å². The normalized spacial score (nSPS) is 12.4. The fourth-order valence-electron chi connectivity index (χ4n) is 3.17. The van der Waals surface area contributed by atoms with Crippen LogP contribution in [0.15, 0.2) is 72.1 Å². The van der Waals surface area contributed by atoms with E-state index in [4.69, 9.17) is 9.26 Å². The molecule has 0 amide bonds. The number of rotatable bonds is 8. The van der Waals surface area contributed by atoms with Gasteiger partial charge >= 0.3 is 6.36 Å². The lowest BCUT2D eigenvalue weighted by Gasteiger charge is -2.11. The SMILES string of the molecule is C=C/C(F)=C(/F)C(=C)c1nc2cnn(Cc3cc(-c4ccc(OC(F)(F)F)cc4OC)no3)cc-2n1. The highest BCUT2D eigenvalue weighted by molar-refractivity contribution is 5.75. The number of hydrogen-bond acceptors (Lipinski definition) is 7. The van der Waals surface area contributed by atoms with Crippen LogP contribution < -0.4 is 9.47 Å². The van der Waals surface area contributed by atoms with Crippen molar-refractivity contribution in [1.82, 2.24) is 24.9 Å². The molecule has 1 aromatic heterocycles. The highest BCUT2D eigenvalue weighted by Gasteiger charge is 2.31. The number of halogens is 5. The first-order chi connectivity index (χ1) is 17.1. The molecule has 36 heavy (non-hydrogen) atoms. The Morgan fingerprint density at radius 3 is 2.58 bits per heavy atom. The van der Waals surface area contributed by atoms with Crippen molar-refractivity contribution in [1.29, 1.82) is 0 Å². The molecule has 0 saturated carbocycles. The van der Waals surface area contributed by atoms with Gasteiger partial charge in [-0.3, -0.25) is 4.68 Å². The number of methoxy groups -OCH3 is 1.